The molecule has 0 saturated carbocycles. The van der Waals surface area contributed by atoms with E-state index in [-0.39, 0.29) is 5.95 Å². The van der Waals surface area contributed by atoms with Crippen molar-refractivity contribution >= 4 is 28.0 Å². The van der Waals surface area contributed by atoms with Crippen LogP contribution >= 0.6 is 0 Å². The molecule has 0 bridgehead atoms. The predicted octanol–water partition coefficient (Wildman–Crippen LogP) is 5.71. The Morgan fingerprint density at radius 2 is 1.66 bits per heavy atom. The van der Waals surface area contributed by atoms with Crippen LogP contribution in [0.4, 0.5) is 5.95 Å². The molecule has 0 amide bonds. The number of nitrogens with zero attached hydrogens (tertiary/aromatic N) is 6. The number of rotatable bonds is 7. The van der Waals surface area contributed by atoms with E-state index in [2.05, 4.69) is 43.2 Å². The Kier molecular flexibility index (Phi) is 5.53. The molecule has 3 aromatic carbocycles. The normalized spacial score (nSPS) is 11.5. The van der Waals surface area contributed by atoms with Crippen molar-refractivity contribution in [3.05, 3.63) is 90.0 Å². The minimum Gasteiger partial charge on any atom is -0.494 e. The fraction of sp³-hybridized carbons (Fsp3) is 0.160. The zero-order chi connectivity index (χ0) is 21.8. The van der Waals surface area contributed by atoms with Gasteiger partial charge in [-0.25, -0.2) is 0 Å². The zero-order valence-corrected chi connectivity index (χ0v) is 17.7. The molecule has 7 nitrogen and oxygen atoms in total. The highest BCUT2D eigenvalue weighted by molar-refractivity contribution is 6.04. The standard InChI is InChI=1S/C25H22N6O/c1-2-32-22-15-9-6-12-19(22)16-26-29-25-27-24-23(28-30-25)20-13-7-8-14-21(20)31(24)17-18-10-4-3-5-11-18/h3-15H,2,16-17H2,1H3. The molecule has 0 radical (unpaired) electrons. The van der Waals surface area contributed by atoms with E-state index in [1.165, 1.54) is 5.56 Å². The van der Waals surface area contributed by atoms with E-state index in [0.29, 0.717) is 19.7 Å². The summed E-state index contributed by atoms with van der Waals surface area (Å²) in [6, 6.07) is 26.2. The van der Waals surface area contributed by atoms with Crippen LogP contribution in [-0.2, 0) is 13.1 Å². The van der Waals surface area contributed by atoms with E-state index in [1.54, 1.807) is 0 Å². The minimum absolute atomic E-state index is 0.239. The summed E-state index contributed by atoms with van der Waals surface area (Å²) in [5.41, 5.74) is 4.72. The van der Waals surface area contributed by atoms with Crippen LogP contribution < -0.4 is 4.74 Å². The average Bonchev–Trinajstić information content (AvgIpc) is 3.14. The zero-order valence-electron chi connectivity index (χ0n) is 17.7. The number of benzene rings is 3. The fourth-order valence-electron chi connectivity index (χ4n) is 3.77. The predicted molar refractivity (Wildman–Crippen MR) is 124 cm³/mol. The summed E-state index contributed by atoms with van der Waals surface area (Å²) in [5.74, 6) is 1.05. The maximum atomic E-state index is 5.65. The molecule has 0 aliphatic carbocycles. The second-order valence-corrected chi connectivity index (χ2v) is 7.31. The van der Waals surface area contributed by atoms with Gasteiger partial charge in [-0.1, -0.05) is 66.7 Å². The first kappa shape index (κ1) is 19.8. The van der Waals surface area contributed by atoms with E-state index in [4.69, 9.17) is 9.72 Å². The molecule has 0 aliphatic rings. The average molecular weight is 422 g/mol. The van der Waals surface area contributed by atoms with Crippen LogP contribution in [0.2, 0.25) is 0 Å². The van der Waals surface area contributed by atoms with Crippen molar-refractivity contribution in [1.82, 2.24) is 19.7 Å². The van der Waals surface area contributed by atoms with Gasteiger partial charge in [0.1, 0.15) is 11.3 Å². The van der Waals surface area contributed by atoms with Crippen LogP contribution in [-0.4, -0.2) is 26.4 Å². The van der Waals surface area contributed by atoms with Crippen LogP contribution in [0.25, 0.3) is 22.1 Å². The third-order valence-electron chi connectivity index (χ3n) is 5.22. The van der Waals surface area contributed by atoms with E-state index >= 15 is 0 Å². The minimum atomic E-state index is 0.239. The number of ether oxygens (including phenoxy) is 1. The molecule has 0 atom stereocenters. The van der Waals surface area contributed by atoms with Gasteiger partial charge in [-0.15, -0.1) is 15.3 Å². The highest BCUT2D eigenvalue weighted by Crippen LogP contribution is 2.28. The van der Waals surface area contributed by atoms with Gasteiger partial charge in [0.2, 0.25) is 0 Å². The molecule has 32 heavy (non-hydrogen) atoms. The first-order valence-electron chi connectivity index (χ1n) is 10.6. The van der Waals surface area contributed by atoms with Crippen LogP contribution in [0.5, 0.6) is 5.75 Å². The van der Waals surface area contributed by atoms with Gasteiger partial charge in [0.05, 0.1) is 18.7 Å². The van der Waals surface area contributed by atoms with Crippen molar-refractivity contribution in [1.29, 1.82) is 0 Å². The smallest absolute Gasteiger partial charge is 0.289 e. The number of hydrogen-bond acceptors (Lipinski definition) is 6. The molecule has 0 saturated heterocycles. The molecule has 0 N–H and O–H groups in total. The highest BCUT2D eigenvalue weighted by atomic mass is 16.5. The van der Waals surface area contributed by atoms with Crippen molar-refractivity contribution in [2.75, 3.05) is 6.61 Å². The second-order valence-electron chi connectivity index (χ2n) is 7.31. The van der Waals surface area contributed by atoms with E-state index < -0.39 is 0 Å². The maximum absolute atomic E-state index is 5.65. The van der Waals surface area contributed by atoms with Gasteiger partial charge in [0.15, 0.2) is 5.65 Å². The molecule has 5 aromatic rings. The van der Waals surface area contributed by atoms with Gasteiger partial charge < -0.3 is 9.30 Å². The van der Waals surface area contributed by atoms with Crippen molar-refractivity contribution in [2.24, 2.45) is 10.2 Å². The molecule has 2 heterocycles. The molecular weight excluding hydrogens is 400 g/mol. The summed E-state index contributed by atoms with van der Waals surface area (Å²) >= 11 is 0. The summed E-state index contributed by atoms with van der Waals surface area (Å²) in [6.45, 7) is 3.62. The molecular formula is C25H22N6O. The van der Waals surface area contributed by atoms with Crippen molar-refractivity contribution in [3.8, 4) is 5.75 Å². The number of fused-ring (bicyclic) bond motifs is 3. The summed E-state index contributed by atoms with van der Waals surface area (Å²) in [4.78, 5) is 4.70. The van der Waals surface area contributed by atoms with Crippen molar-refractivity contribution < 1.29 is 4.74 Å². The lowest BCUT2D eigenvalue weighted by molar-refractivity contribution is 0.336. The van der Waals surface area contributed by atoms with Gasteiger partial charge in [0, 0.05) is 17.5 Å². The summed E-state index contributed by atoms with van der Waals surface area (Å²) in [7, 11) is 0. The molecule has 0 aliphatic heterocycles. The van der Waals surface area contributed by atoms with Crippen molar-refractivity contribution in [2.45, 2.75) is 20.0 Å². The topological polar surface area (TPSA) is 77.5 Å². The number of azo groups is 1. The molecule has 2 aromatic heterocycles. The van der Waals surface area contributed by atoms with E-state index in [0.717, 1.165) is 33.4 Å². The Balaban J connectivity index is 1.50. The molecule has 158 valence electrons. The molecule has 0 spiro atoms. The van der Waals surface area contributed by atoms with Crippen LogP contribution in [0, 0.1) is 0 Å². The lowest BCUT2D eigenvalue weighted by Gasteiger charge is -2.07. The summed E-state index contributed by atoms with van der Waals surface area (Å²) < 4.78 is 7.81. The Labute approximate surface area is 185 Å². The Bertz CT molecular complexity index is 1390. The van der Waals surface area contributed by atoms with E-state index in [1.807, 2.05) is 67.6 Å². The van der Waals surface area contributed by atoms with Gasteiger partial charge in [-0.2, -0.15) is 10.1 Å². The van der Waals surface area contributed by atoms with Crippen LogP contribution in [0.15, 0.2) is 89.1 Å². The second kappa shape index (κ2) is 8.93. The summed E-state index contributed by atoms with van der Waals surface area (Å²) in [6.07, 6.45) is 0. The summed E-state index contributed by atoms with van der Waals surface area (Å²) in [5, 5.41) is 18.2. The maximum Gasteiger partial charge on any atom is 0.289 e. The molecule has 7 heteroatoms. The first-order valence-corrected chi connectivity index (χ1v) is 10.6. The van der Waals surface area contributed by atoms with E-state index in [9.17, 15) is 0 Å². The van der Waals surface area contributed by atoms with Crippen LogP contribution in [0.1, 0.15) is 18.1 Å². The van der Waals surface area contributed by atoms with Gasteiger partial charge in [-0.05, 0) is 24.6 Å². The lowest BCUT2D eigenvalue weighted by atomic mass is 10.2. The van der Waals surface area contributed by atoms with Gasteiger partial charge in [0.25, 0.3) is 5.95 Å². The fourth-order valence-corrected chi connectivity index (χ4v) is 3.77. The number of para-hydroxylation sites is 2. The first-order chi connectivity index (χ1) is 15.8. The third kappa shape index (κ3) is 3.92. The largest absolute Gasteiger partial charge is 0.494 e. The SMILES string of the molecule is CCOc1ccccc1CN=Nc1nnc2c3ccccc3n(Cc3ccccc3)c2n1. The Morgan fingerprint density at radius 3 is 2.53 bits per heavy atom. The Hall–Kier alpha value is -4.13. The van der Waals surface area contributed by atoms with Gasteiger partial charge in [-0.3, -0.25) is 0 Å². The molecule has 0 unspecified atom stereocenters. The number of hydrogen-bond donors (Lipinski definition) is 0. The quantitative estimate of drug-likeness (QED) is 0.315. The highest BCUT2D eigenvalue weighted by Gasteiger charge is 2.15. The van der Waals surface area contributed by atoms with Crippen LogP contribution in [0.3, 0.4) is 0 Å². The molecule has 0 fully saturated rings. The van der Waals surface area contributed by atoms with Gasteiger partial charge >= 0.3 is 0 Å². The number of aromatic nitrogens is 4. The Morgan fingerprint density at radius 1 is 0.875 bits per heavy atom. The monoisotopic (exact) mass is 422 g/mol. The van der Waals surface area contributed by atoms with Crippen molar-refractivity contribution in [3.63, 3.8) is 0 Å². The lowest BCUT2D eigenvalue weighted by Crippen LogP contribution is -2.01. The third-order valence-corrected chi connectivity index (χ3v) is 5.22. The molecule has 5 rings (SSSR count).